The summed E-state index contributed by atoms with van der Waals surface area (Å²) < 4.78 is 25.9. The first-order valence-corrected chi connectivity index (χ1v) is 7.71. The zero-order valence-electron chi connectivity index (χ0n) is 10.4. The highest BCUT2D eigenvalue weighted by Crippen LogP contribution is 2.29. The maximum absolute atomic E-state index is 12.3. The largest absolute Gasteiger partial charge is 0.335 e. The Morgan fingerprint density at radius 2 is 2.17 bits per heavy atom. The number of rotatable bonds is 4. The monoisotopic (exact) mass is 285 g/mol. The Morgan fingerprint density at radius 1 is 1.44 bits per heavy atom. The zero-order valence-corrected chi connectivity index (χ0v) is 12.0. The van der Waals surface area contributed by atoms with E-state index in [1.54, 1.807) is 18.4 Å². The summed E-state index contributed by atoms with van der Waals surface area (Å²) in [4.78, 5) is 8.58. The molecule has 0 radical (unpaired) electrons. The molecule has 1 atom stereocenters. The van der Waals surface area contributed by atoms with Crippen LogP contribution in [0.25, 0.3) is 0 Å². The molecule has 0 spiro atoms. The summed E-state index contributed by atoms with van der Waals surface area (Å²) in [6, 6.07) is 3.76. The number of imidazole rings is 1. The molecule has 0 aliphatic carbocycles. The average Bonchev–Trinajstić information content (AvgIpc) is 2.97. The molecule has 0 bridgehead atoms. The zero-order chi connectivity index (χ0) is 13.3. The highest BCUT2D eigenvalue weighted by atomic mass is 32.2. The second-order valence-electron chi connectivity index (χ2n) is 4.06. The van der Waals surface area contributed by atoms with Crippen molar-refractivity contribution < 1.29 is 8.42 Å². The van der Waals surface area contributed by atoms with Gasteiger partial charge >= 0.3 is 0 Å². The lowest BCUT2D eigenvalue weighted by Crippen LogP contribution is -2.29. The van der Waals surface area contributed by atoms with Crippen molar-refractivity contribution in [3.05, 3.63) is 34.4 Å². The van der Waals surface area contributed by atoms with Crippen LogP contribution in [0.15, 0.2) is 29.7 Å². The topological polar surface area (TPSA) is 66.1 Å². The Bertz CT molecular complexity index is 617. The van der Waals surface area contributed by atoms with Gasteiger partial charge in [0.25, 0.3) is 10.0 Å². The summed E-state index contributed by atoms with van der Waals surface area (Å²) in [7, 11) is -1.93. The molecule has 1 N–H and O–H groups in total. The van der Waals surface area contributed by atoms with Gasteiger partial charge in [-0.05, 0) is 26.0 Å². The Morgan fingerprint density at radius 3 is 2.67 bits per heavy atom. The van der Waals surface area contributed by atoms with Crippen LogP contribution in [-0.4, -0.2) is 29.7 Å². The van der Waals surface area contributed by atoms with Crippen molar-refractivity contribution >= 4 is 21.4 Å². The predicted octanol–water partition coefficient (Wildman–Crippen LogP) is 2.16. The maximum atomic E-state index is 12.3. The fourth-order valence-corrected chi connectivity index (χ4v) is 3.88. The highest BCUT2D eigenvalue weighted by molar-refractivity contribution is 7.89. The molecule has 5 nitrogen and oxygen atoms in total. The molecule has 0 aliphatic rings. The number of sulfonamides is 1. The number of nitrogens with zero attached hydrogens (tertiary/aromatic N) is 2. The van der Waals surface area contributed by atoms with Crippen molar-refractivity contribution in [1.82, 2.24) is 14.3 Å². The summed E-state index contributed by atoms with van der Waals surface area (Å²) >= 11 is 1.61. The van der Waals surface area contributed by atoms with Gasteiger partial charge in [-0.3, -0.25) is 0 Å². The first-order valence-electron chi connectivity index (χ1n) is 5.45. The second-order valence-corrected chi connectivity index (χ2v) is 7.35. The van der Waals surface area contributed by atoms with Crippen molar-refractivity contribution in [2.75, 3.05) is 7.05 Å². The summed E-state index contributed by atoms with van der Waals surface area (Å²) in [5, 5.41) is 0.116. The molecule has 2 aromatic rings. The van der Waals surface area contributed by atoms with E-state index < -0.39 is 10.0 Å². The summed E-state index contributed by atoms with van der Waals surface area (Å²) in [5.74, 6) is 0. The number of thiophene rings is 1. The molecule has 0 aliphatic heterocycles. The van der Waals surface area contributed by atoms with Gasteiger partial charge in [0.05, 0.1) is 18.6 Å². The summed E-state index contributed by atoms with van der Waals surface area (Å²) in [6.45, 7) is 3.88. The highest BCUT2D eigenvalue weighted by Gasteiger charge is 2.27. The van der Waals surface area contributed by atoms with Crippen LogP contribution in [0.1, 0.15) is 22.7 Å². The predicted molar refractivity (Wildman–Crippen MR) is 71.0 cm³/mol. The molecule has 0 fully saturated rings. The van der Waals surface area contributed by atoms with Crippen LogP contribution < -0.4 is 0 Å². The maximum Gasteiger partial charge on any atom is 0.260 e. The van der Waals surface area contributed by atoms with E-state index in [0.717, 1.165) is 4.88 Å². The molecule has 2 heterocycles. The SMILES string of the molecule is Cc1ccc(C(C)N(C)S(=O)(=O)c2cnc[nH]2)s1. The molecular formula is C11H15N3O2S2. The Labute approximate surface area is 111 Å². The van der Waals surface area contributed by atoms with E-state index in [4.69, 9.17) is 0 Å². The minimum atomic E-state index is -3.51. The number of aromatic amines is 1. The Balaban J connectivity index is 2.29. The number of aryl methyl sites for hydroxylation is 1. The lowest BCUT2D eigenvalue weighted by atomic mass is 10.3. The van der Waals surface area contributed by atoms with Crippen LogP contribution in [0.3, 0.4) is 0 Å². The van der Waals surface area contributed by atoms with E-state index in [1.165, 1.54) is 21.7 Å². The molecule has 98 valence electrons. The van der Waals surface area contributed by atoms with E-state index in [2.05, 4.69) is 9.97 Å². The van der Waals surface area contributed by atoms with Gasteiger partial charge in [-0.25, -0.2) is 13.4 Å². The minimum absolute atomic E-state index is 0.116. The Kier molecular flexibility index (Phi) is 3.56. The molecule has 2 aromatic heterocycles. The molecule has 0 amide bonds. The van der Waals surface area contributed by atoms with Crippen LogP contribution in [0.4, 0.5) is 0 Å². The van der Waals surface area contributed by atoms with Crippen molar-refractivity contribution in [1.29, 1.82) is 0 Å². The van der Waals surface area contributed by atoms with Gasteiger partial charge in [0.2, 0.25) is 0 Å². The molecule has 2 rings (SSSR count). The standard InChI is InChI=1S/C11H15N3O2S2/c1-8-4-5-10(17-8)9(2)14(3)18(15,16)11-6-12-7-13-11/h4-7,9H,1-3H3,(H,12,13). The van der Waals surface area contributed by atoms with Gasteiger partial charge in [0.15, 0.2) is 5.03 Å². The van der Waals surface area contributed by atoms with Gasteiger partial charge in [-0.1, -0.05) is 0 Å². The normalized spacial score (nSPS) is 14.0. The fourth-order valence-electron chi connectivity index (χ4n) is 1.60. The Hall–Kier alpha value is -1.18. The van der Waals surface area contributed by atoms with Gasteiger partial charge in [0.1, 0.15) is 0 Å². The van der Waals surface area contributed by atoms with Crippen LogP contribution in [0, 0.1) is 6.92 Å². The first kappa shape index (κ1) is 13.3. The summed E-state index contributed by atoms with van der Waals surface area (Å²) in [6.07, 6.45) is 2.68. The van der Waals surface area contributed by atoms with Gasteiger partial charge in [-0.15, -0.1) is 11.3 Å². The van der Waals surface area contributed by atoms with E-state index >= 15 is 0 Å². The third kappa shape index (κ3) is 2.33. The second kappa shape index (κ2) is 4.83. The molecule has 0 aromatic carbocycles. The number of hydrogen-bond donors (Lipinski definition) is 1. The van der Waals surface area contributed by atoms with Crippen LogP contribution in [0.5, 0.6) is 0 Å². The minimum Gasteiger partial charge on any atom is -0.335 e. The molecule has 0 saturated heterocycles. The summed E-state index contributed by atoms with van der Waals surface area (Å²) in [5.41, 5.74) is 0. The van der Waals surface area contributed by atoms with Crippen molar-refractivity contribution in [2.24, 2.45) is 0 Å². The molecule has 7 heteroatoms. The van der Waals surface area contributed by atoms with E-state index in [-0.39, 0.29) is 11.1 Å². The van der Waals surface area contributed by atoms with Gasteiger partial charge in [-0.2, -0.15) is 4.31 Å². The van der Waals surface area contributed by atoms with Gasteiger partial charge < -0.3 is 4.98 Å². The van der Waals surface area contributed by atoms with Crippen molar-refractivity contribution in [3.8, 4) is 0 Å². The fraction of sp³-hybridized carbons (Fsp3) is 0.364. The molecular weight excluding hydrogens is 270 g/mol. The van der Waals surface area contributed by atoms with Crippen LogP contribution >= 0.6 is 11.3 Å². The van der Waals surface area contributed by atoms with Crippen molar-refractivity contribution in [2.45, 2.75) is 24.9 Å². The van der Waals surface area contributed by atoms with E-state index in [9.17, 15) is 8.42 Å². The van der Waals surface area contributed by atoms with E-state index in [0.29, 0.717) is 0 Å². The number of aromatic nitrogens is 2. The average molecular weight is 285 g/mol. The number of nitrogens with one attached hydrogen (secondary N) is 1. The first-order chi connectivity index (χ1) is 8.43. The smallest absolute Gasteiger partial charge is 0.260 e. The van der Waals surface area contributed by atoms with Crippen molar-refractivity contribution in [3.63, 3.8) is 0 Å². The molecule has 0 saturated carbocycles. The molecule has 18 heavy (non-hydrogen) atoms. The lowest BCUT2D eigenvalue weighted by molar-refractivity contribution is 0.401. The van der Waals surface area contributed by atoms with Crippen LogP contribution in [-0.2, 0) is 10.0 Å². The van der Waals surface area contributed by atoms with Crippen LogP contribution in [0.2, 0.25) is 0 Å². The van der Waals surface area contributed by atoms with E-state index in [1.807, 2.05) is 26.0 Å². The number of H-pyrrole nitrogens is 1. The quantitative estimate of drug-likeness (QED) is 0.936. The third-order valence-corrected chi connectivity index (χ3v) is 5.87. The lowest BCUT2D eigenvalue weighted by Gasteiger charge is -2.22. The van der Waals surface area contributed by atoms with Gasteiger partial charge in [0, 0.05) is 16.8 Å². The molecule has 1 unspecified atom stereocenters. The third-order valence-electron chi connectivity index (χ3n) is 2.85. The number of hydrogen-bond acceptors (Lipinski definition) is 4.